The third-order valence-electron chi connectivity index (χ3n) is 9.10. The lowest BCUT2D eigenvalue weighted by Crippen LogP contribution is -1.98. The molecule has 0 N–H and O–H groups in total. The number of nitrogens with zero attached hydrogens (tertiary/aromatic N) is 4. The highest BCUT2D eigenvalue weighted by Gasteiger charge is 2.20. The minimum Gasteiger partial charge on any atom is -0.244 e. The van der Waals surface area contributed by atoms with Crippen LogP contribution >= 0.6 is 0 Å². The first-order valence-electron chi connectivity index (χ1n) is 16.0. The van der Waals surface area contributed by atoms with Gasteiger partial charge in [-0.25, -0.2) is 19.9 Å². The van der Waals surface area contributed by atoms with Crippen molar-refractivity contribution < 1.29 is 0 Å². The highest BCUT2D eigenvalue weighted by atomic mass is 14.9. The van der Waals surface area contributed by atoms with Gasteiger partial charge in [-0.2, -0.15) is 0 Å². The third-order valence-corrected chi connectivity index (χ3v) is 9.10. The molecule has 0 aliphatic heterocycles. The quantitative estimate of drug-likeness (QED) is 0.181. The minimum atomic E-state index is 0.674. The molecule has 0 saturated heterocycles. The Kier molecular flexibility index (Phi) is 6.76. The van der Waals surface area contributed by atoms with Crippen molar-refractivity contribution in [2.24, 2.45) is 0 Å². The van der Waals surface area contributed by atoms with E-state index in [0.717, 1.165) is 60.8 Å². The maximum absolute atomic E-state index is 5.26. The molecule has 2 heterocycles. The van der Waals surface area contributed by atoms with E-state index in [1.165, 1.54) is 21.9 Å². The largest absolute Gasteiger partial charge is 0.244 e. The molecule has 0 atom stereocenters. The van der Waals surface area contributed by atoms with Gasteiger partial charge in [-0.05, 0) is 44.2 Å². The van der Waals surface area contributed by atoms with Gasteiger partial charge in [0.2, 0.25) is 0 Å². The van der Waals surface area contributed by atoms with E-state index in [1.54, 1.807) is 6.33 Å². The van der Waals surface area contributed by atoms with E-state index >= 15 is 0 Å². The summed E-state index contributed by atoms with van der Waals surface area (Å²) in [5.74, 6) is 0.674. The summed E-state index contributed by atoms with van der Waals surface area (Å²) >= 11 is 0. The summed E-state index contributed by atoms with van der Waals surface area (Å²) in [7, 11) is 0. The van der Waals surface area contributed by atoms with Gasteiger partial charge >= 0.3 is 0 Å². The summed E-state index contributed by atoms with van der Waals surface area (Å²) in [5.41, 5.74) is 11.7. The number of fused-ring (bicyclic) bond motifs is 4. The maximum atomic E-state index is 5.26. The van der Waals surface area contributed by atoms with Gasteiger partial charge in [0.1, 0.15) is 6.33 Å². The number of benzene rings is 7. The zero-order valence-electron chi connectivity index (χ0n) is 26.0. The lowest BCUT2D eigenvalue weighted by Gasteiger charge is -2.17. The maximum Gasteiger partial charge on any atom is 0.159 e. The average Bonchev–Trinajstić information content (AvgIpc) is 3.18. The molecule has 48 heavy (non-hydrogen) atoms. The summed E-state index contributed by atoms with van der Waals surface area (Å²) in [6.07, 6.45) is 5.41. The Hall–Kier alpha value is -6.52. The Balaban J connectivity index is 1.14. The van der Waals surface area contributed by atoms with E-state index < -0.39 is 0 Å². The second-order valence-corrected chi connectivity index (χ2v) is 11.9. The lowest BCUT2D eigenvalue weighted by atomic mass is 9.89. The Morgan fingerprint density at radius 3 is 1.62 bits per heavy atom. The van der Waals surface area contributed by atoms with Crippen LogP contribution in [0.3, 0.4) is 0 Å². The van der Waals surface area contributed by atoms with Crippen molar-refractivity contribution in [2.45, 2.75) is 0 Å². The SMILES string of the molecule is c1ccc(-c2c(-c3ccccc3)c3nc(-c4ccc(-c5ccc(-c6cccc7ccccc67)cc5)cc4)ncc3c3cncnc23)cc1. The molecule has 0 radical (unpaired) electrons. The number of aromatic nitrogens is 4. The van der Waals surface area contributed by atoms with Crippen LogP contribution in [0.15, 0.2) is 170 Å². The highest BCUT2D eigenvalue weighted by Crippen LogP contribution is 2.43. The molecular weight excluding hydrogens is 585 g/mol. The first kappa shape index (κ1) is 27.8. The van der Waals surface area contributed by atoms with Crippen LogP contribution in [0.25, 0.3) is 88.5 Å². The van der Waals surface area contributed by atoms with Crippen molar-refractivity contribution in [3.8, 4) is 55.9 Å². The van der Waals surface area contributed by atoms with E-state index in [9.17, 15) is 0 Å². The van der Waals surface area contributed by atoms with Crippen LogP contribution in [0.4, 0.5) is 0 Å². The van der Waals surface area contributed by atoms with Crippen LogP contribution in [-0.4, -0.2) is 19.9 Å². The number of hydrogen-bond donors (Lipinski definition) is 0. The van der Waals surface area contributed by atoms with E-state index in [-0.39, 0.29) is 0 Å². The van der Waals surface area contributed by atoms with Gasteiger partial charge in [-0.3, -0.25) is 0 Å². The fourth-order valence-electron chi connectivity index (χ4n) is 6.77. The molecular formula is C44H28N4. The monoisotopic (exact) mass is 612 g/mol. The predicted octanol–water partition coefficient (Wildman–Crippen LogP) is 11.1. The molecule has 0 spiro atoms. The topological polar surface area (TPSA) is 51.6 Å². The first-order valence-corrected chi connectivity index (χ1v) is 16.0. The molecule has 0 amide bonds. The van der Waals surface area contributed by atoms with Crippen LogP contribution in [0.1, 0.15) is 0 Å². The van der Waals surface area contributed by atoms with E-state index in [2.05, 4.69) is 145 Å². The van der Waals surface area contributed by atoms with Crippen molar-refractivity contribution in [1.82, 2.24) is 19.9 Å². The van der Waals surface area contributed by atoms with Gasteiger partial charge in [0.05, 0.1) is 11.0 Å². The van der Waals surface area contributed by atoms with Gasteiger partial charge in [0, 0.05) is 39.9 Å². The average molecular weight is 613 g/mol. The zero-order valence-corrected chi connectivity index (χ0v) is 26.0. The van der Waals surface area contributed by atoms with E-state index in [0.29, 0.717) is 5.82 Å². The summed E-state index contributed by atoms with van der Waals surface area (Å²) in [4.78, 5) is 19.3. The molecule has 9 rings (SSSR count). The van der Waals surface area contributed by atoms with Crippen molar-refractivity contribution in [2.75, 3.05) is 0 Å². The molecule has 0 bridgehead atoms. The molecule has 4 heteroatoms. The minimum absolute atomic E-state index is 0.674. The van der Waals surface area contributed by atoms with Crippen molar-refractivity contribution in [1.29, 1.82) is 0 Å². The summed E-state index contributed by atoms with van der Waals surface area (Å²) in [6.45, 7) is 0. The van der Waals surface area contributed by atoms with Crippen molar-refractivity contribution in [3.05, 3.63) is 170 Å². The van der Waals surface area contributed by atoms with Crippen LogP contribution in [0.2, 0.25) is 0 Å². The lowest BCUT2D eigenvalue weighted by molar-refractivity contribution is 1.21. The van der Waals surface area contributed by atoms with Gasteiger partial charge in [-0.1, -0.05) is 152 Å². The number of rotatable bonds is 5. The van der Waals surface area contributed by atoms with Crippen molar-refractivity contribution >= 4 is 32.6 Å². The second kappa shape index (κ2) is 11.7. The molecule has 9 aromatic rings. The number of hydrogen-bond acceptors (Lipinski definition) is 4. The normalized spacial score (nSPS) is 11.3. The smallest absolute Gasteiger partial charge is 0.159 e. The van der Waals surface area contributed by atoms with Gasteiger partial charge in [-0.15, -0.1) is 0 Å². The molecule has 2 aromatic heterocycles. The Morgan fingerprint density at radius 2 is 0.917 bits per heavy atom. The summed E-state index contributed by atoms with van der Waals surface area (Å²) in [5, 5.41) is 4.37. The third kappa shape index (κ3) is 4.79. The fourth-order valence-corrected chi connectivity index (χ4v) is 6.77. The molecule has 7 aromatic carbocycles. The summed E-state index contributed by atoms with van der Waals surface area (Å²) < 4.78 is 0. The summed E-state index contributed by atoms with van der Waals surface area (Å²) in [6, 6.07) is 53.2. The first-order chi connectivity index (χ1) is 23.8. The van der Waals surface area contributed by atoms with E-state index in [1.807, 2.05) is 24.5 Å². The Bertz CT molecular complexity index is 2570. The predicted molar refractivity (Wildman–Crippen MR) is 197 cm³/mol. The molecule has 0 aliphatic carbocycles. The Morgan fingerprint density at radius 1 is 0.354 bits per heavy atom. The van der Waals surface area contributed by atoms with Gasteiger partial charge in [0.15, 0.2) is 5.82 Å². The van der Waals surface area contributed by atoms with E-state index in [4.69, 9.17) is 15.0 Å². The second-order valence-electron chi connectivity index (χ2n) is 11.9. The van der Waals surface area contributed by atoms with Gasteiger partial charge < -0.3 is 0 Å². The fraction of sp³-hybridized carbons (Fsp3) is 0. The van der Waals surface area contributed by atoms with Crippen LogP contribution < -0.4 is 0 Å². The van der Waals surface area contributed by atoms with Gasteiger partial charge in [0.25, 0.3) is 0 Å². The highest BCUT2D eigenvalue weighted by molar-refractivity contribution is 6.19. The Labute approximate surface area is 278 Å². The molecule has 4 nitrogen and oxygen atoms in total. The van der Waals surface area contributed by atoms with Crippen molar-refractivity contribution in [3.63, 3.8) is 0 Å². The standard InChI is InChI=1S/C44H28N4/c1-3-11-33(12-4-1)40-41(34-13-5-2-6-14-34)43-39(38-26-45-28-47-42(38)40)27-46-44(48-43)35-24-20-30(21-25-35)29-18-22-32(23-19-29)37-17-9-15-31-10-7-8-16-36(31)37/h1-28H. The zero-order chi connectivity index (χ0) is 31.9. The molecule has 0 aliphatic rings. The molecule has 0 unspecified atom stereocenters. The van der Waals surface area contributed by atoms with Crippen LogP contribution in [0.5, 0.6) is 0 Å². The van der Waals surface area contributed by atoms with Crippen LogP contribution in [0, 0.1) is 0 Å². The molecule has 224 valence electrons. The molecule has 0 saturated carbocycles. The van der Waals surface area contributed by atoms with Crippen LogP contribution in [-0.2, 0) is 0 Å². The molecule has 0 fully saturated rings.